The Morgan fingerprint density at radius 3 is 2.73 bits per heavy atom. The van der Waals surface area contributed by atoms with E-state index in [0.29, 0.717) is 11.1 Å². The fourth-order valence-electron chi connectivity index (χ4n) is 1.81. The Hall–Kier alpha value is -2.94. The minimum atomic E-state index is -0.794. The number of nitriles is 1. The Labute approximate surface area is 128 Å². The van der Waals surface area contributed by atoms with Crippen LogP contribution in [0.15, 0.2) is 36.4 Å². The van der Waals surface area contributed by atoms with Crippen LogP contribution in [0.3, 0.4) is 0 Å². The number of rotatable bonds is 6. The van der Waals surface area contributed by atoms with Gasteiger partial charge in [-0.2, -0.15) is 5.26 Å². The van der Waals surface area contributed by atoms with E-state index in [-0.39, 0.29) is 23.8 Å². The predicted molar refractivity (Wildman–Crippen MR) is 81.9 cm³/mol. The number of esters is 1. The largest absolute Gasteiger partial charge is 0.457 e. The van der Waals surface area contributed by atoms with E-state index >= 15 is 0 Å². The highest BCUT2D eigenvalue weighted by atomic mass is 16.6. The van der Waals surface area contributed by atoms with Crippen LogP contribution in [0.1, 0.15) is 30.9 Å². The second-order valence-corrected chi connectivity index (χ2v) is 4.79. The molecule has 0 aliphatic heterocycles. The van der Waals surface area contributed by atoms with E-state index in [1.807, 2.05) is 13.8 Å². The average Bonchev–Trinajstić information content (AvgIpc) is 2.49. The average molecular weight is 300 g/mol. The van der Waals surface area contributed by atoms with Gasteiger partial charge in [0.2, 0.25) is 0 Å². The fraction of sp³-hybridized carbons (Fsp3) is 0.250. The molecular formula is C16H16N2O4. The SMILES string of the molecule is C=CCOC(=O)C(C#N)=Cc1ccc(C(C)C)c([N+](=O)[O-])c1. The van der Waals surface area contributed by atoms with Crippen LogP contribution >= 0.6 is 0 Å². The maximum Gasteiger partial charge on any atom is 0.349 e. The van der Waals surface area contributed by atoms with E-state index in [1.165, 1.54) is 18.2 Å². The summed E-state index contributed by atoms with van der Waals surface area (Å²) in [4.78, 5) is 22.3. The molecule has 0 N–H and O–H groups in total. The van der Waals surface area contributed by atoms with Crippen molar-refractivity contribution < 1.29 is 14.5 Å². The molecule has 0 aliphatic carbocycles. The molecule has 0 unspecified atom stereocenters. The summed E-state index contributed by atoms with van der Waals surface area (Å²) in [5.74, 6) is -0.801. The molecule has 114 valence electrons. The first-order valence-electron chi connectivity index (χ1n) is 6.58. The van der Waals surface area contributed by atoms with Crippen LogP contribution in [0.5, 0.6) is 0 Å². The summed E-state index contributed by atoms with van der Waals surface area (Å²) in [5, 5.41) is 20.1. The van der Waals surface area contributed by atoms with Crippen molar-refractivity contribution in [1.29, 1.82) is 5.26 Å². The first-order chi connectivity index (χ1) is 10.4. The van der Waals surface area contributed by atoms with Gasteiger partial charge in [-0.1, -0.05) is 38.6 Å². The number of nitro benzene ring substituents is 1. The van der Waals surface area contributed by atoms with Crippen molar-refractivity contribution in [2.24, 2.45) is 0 Å². The van der Waals surface area contributed by atoms with Gasteiger partial charge in [-0.3, -0.25) is 10.1 Å². The Morgan fingerprint density at radius 1 is 1.55 bits per heavy atom. The van der Waals surface area contributed by atoms with E-state index in [0.717, 1.165) is 0 Å². The molecule has 0 heterocycles. The first kappa shape index (κ1) is 17.1. The number of hydrogen-bond donors (Lipinski definition) is 0. The van der Waals surface area contributed by atoms with Crippen molar-refractivity contribution in [2.45, 2.75) is 19.8 Å². The zero-order valence-corrected chi connectivity index (χ0v) is 12.4. The minimum Gasteiger partial charge on any atom is -0.457 e. The smallest absolute Gasteiger partial charge is 0.349 e. The molecule has 0 aromatic heterocycles. The molecule has 0 amide bonds. The van der Waals surface area contributed by atoms with Gasteiger partial charge >= 0.3 is 5.97 Å². The van der Waals surface area contributed by atoms with Gasteiger partial charge in [0.05, 0.1) is 4.92 Å². The van der Waals surface area contributed by atoms with Crippen molar-refractivity contribution in [3.05, 3.63) is 57.7 Å². The lowest BCUT2D eigenvalue weighted by molar-refractivity contribution is -0.385. The van der Waals surface area contributed by atoms with Gasteiger partial charge in [0.25, 0.3) is 5.69 Å². The quantitative estimate of drug-likeness (QED) is 0.200. The summed E-state index contributed by atoms with van der Waals surface area (Å²) in [7, 11) is 0. The number of nitrogens with zero attached hydrogens (tertiary/aromatic N) is 2. The van der Waals surface area contributed by atoms with Crippen LogP contribution < -0.4 is 0 Å². The lowest BCUT2D eigenvalue weighted by Crippen LogP contribution is -2.06. The normalized spacial score (nSPS) is 10.9. The Balaban J connectivity index is 3.21. The van der Waals surface area contributed by atoms with Gasteiger partial charge in [0.1, 0.15) is 18.2 Å². The van der Waals surface area contributed by atoms with E-state index < -0.39 is 10.9 Å². The molecule has 0 saturated carbocycles. The van der Waals surface area contributed by atoms with Gasteiger partial charge in [0, 0.05) is 11.6 Å². The summed E-state index contributed by atoms with van der Waals surface area (Å²) in [6, 6.07) is 6.32. The van der Waals surface area contributed by atoms with Crippen LogP contribution in [0, 0.1) is 21.4 Å². The van der Waals surface area contributed by atoms with Crippen LogP contribution in [-0.2, 0) is 9.53 Å². The molecule has 1 rings (SSSR count). The number of nitro groups is 1. The third-order valence-corrected chi connectivity index (χ3v) is 2.86. The van der Waals surface area contributed by atoms with Gasteiger partial charge in [-0.25, -0.2) is 4.79 Å². The summed E-state index contributed by atoms with van der Waals surface area (Å²) in [6.45, 7) is 7.10. The molecule has 22 heavy (non-hydrogen) atoms. The standard InChI is InChI=1S/C16H16N2O4/c1-4-7-22-16(19)13(10-17)8-12-5-6-14(11(2)3)15(9-12)18(20)21/h4-6,8-9,11H,1,7H2,2-3H3. The molecular weight excluding hydrogens is 284 g/mol. The molecule has 1 aromatic carbocycles. The zero-order chi connectivity index (χ0) is 16.7. The van der Waals surface area contributed by atoms with Crippen LogP contribution in [0.2, 0.25) is 0 Å². The van der Waals surface area contributed by atoms with E-state index in [1.54, 1.807) is 18.2 Å². The fourth-order valence-corrected chi connectivity index (χ4v) is 1.81. The third kappa shape index (κ3) is 4.28. The molecule has 1 aromatic rings. The topological polar surface area (TPSA) is 93.2 Å². The summed E-state index contributed by atoms with van der Waals surface area (Å²) in [6.07, 6.45) is 2.65. The van der Waals surface area contributed by atoms with Crippen molar-refractivity contribution in [1.82, 2.24) is 0 Å². The van der Waals surface area contributed by atoms with Crippen molar-refractivity contribution in [3.63, 3.8) is 0 Å². The molecule has 6 heteroatoms. The Kier molecular flexibility index (Phi) is 6.02. The zero-order valence-electron chi connectivity index (χ0n) is 12.4. The van der Waals surface area contributed by atoms with Crippen molar-refractivity contribution in [3.8, 4) is 6.07 Å². The highest BCUT2D eigenvalue weighted by Gasteiger charge is 2.17. The first-order valence-corrected chi connectivity index (χ1v) is 6.58. The Morgan fingerprint density at radius 2 is 2.23 bits per heavy atom. The van der Waals surface area contributed by atoms with Crippen LogP contribution in [0.25, 0.3) is 6.08 Å². The molecule has 0 atom stereocenters. The second-order valence-electron chi connectivity index (χ2n) is 4.79. The summed E-state index contributed by atoms with van der Waals surface area (Å²) in [5.41, 5.74) is 0.715. The van der Waals surface area contributed by atoms with E-state index in [4.69, 9.17) is 10.00 Å². The molecule has 0 fully saturated rings. The lowest BCUT2D eigenvalue weighted by Gasteiger charge is -2.07. The molecule has 0 spiro atoms. The molecule has 0 radical (unpaired) electrons. The highest BCUT2D eigenvalue weighted by Crippen LogP contribution is 2.28. The lowest BCUT2D eigenvalue weighted by atomic mass is 9.98. The number of benzene rings is 1. The maximum absolute atomic E-state index is 11.6. The monoisotopic (exact) mass is 300 g/mol. The number of carbonyl (C=O) groups is 1. The van der Waals surface area contributed by atoms with Crippen molar-refractivity contribution in [2.75, 3.05) is 6.61 Å². The van der Waals surface area contributed by atoms with Gasteiger partial charge in [-0.15, -0.1) is 0 Å². The molecule has 0 saturated heterocycles. The van der Waals surface area contributed by atoms with E-state index in [2.05, 4.69) is 6.58 Å². The van der Waals surface area contributed by atoms with Gasteiger partial charge in [0.15, 0.2) is 0 Å². The Bertz CT molecular complexity index is 669. The van der Waals surface area contributed by atoms with Gasteiger partial charge in [-0.05, 0) is 17.6 Å². The summed E-state index contributed by atoms with van der Waals surface area (Å²) < 4.78 is 4.77. The summed E-state index contributed by atoms with van der Waals surface area (Å²) >= 11 is 0. The second kappa shape index (κ2) is 7.74. The molecule has 0 bridgehead atoms. The highest BCUT2D eigenvalue weighted by molar-refractivity contribution is 5.98. The number of hydrogen-bond acceptors (Lipinski definition) is 5. The number of ether oxygens (including phenoxy) is 1. The van der Waals surface area contributed by atoms with Crippen molar-refractivity contribution >= 4 is 17.7 Å². The molecule has 6 nitrogen and oxygen atoms in total. The predicted octanol–water partition coefficient (Wildman–Crippen LogP) is 3.35. The maximum atomic E-state index is 11.6. The van der Waals surface area contributed by atoms with Crippen LogP contribution in [0.4, 0.5) is 5.69 Å². The van der Waals surface area contributed by atoms with Crippen LogP contribution in [-0.4, -0.2) is 17.5 Å². The minimum absolute atomic E-state index is 0.00794. The molecule has 0 aliphatic rings. The van der Waals surface area contributed by atoms with E-state index in [9.17, 15) is 14.9 Å². The third-order valence-electron chi connectivity index (χ3n) is 2.86. The van der Waals surface area contributed by atoms with Gasteiger partial charge < -0.3 is 4.74 Å². The number of carbonyl (C=O) groups excluding carboxylic acids is 1.